The Kier molecular flexibility index (Phi) is 11.6. The third-order valence-electron chi connectivity index (χ3n) is 6.13. The number of aromatic hydroxyl groups is 1. The molecule has 1 unspecified atom stereocenters. The molecule has 1 atom stereocenters. The molecule has 0 heterocycles. The minimum absolute atomic E-state index is 0.409. The van der Waals surface area contributed by atoms with Crippen molar-refractivity contribution in [1.29, 1.82) is 0 Å². The van der Waals surface area contributed by atoms with E-state index < -0.39 is 0 Å². The van der Waals surface area contributed by atoms with Crippen molar-refractivity contribution in [2.45, 2.75) is 116 Å². The van der Waals surface area contributed by atoms with Gasteiger partial charge in [-0.3, -0.25) is 0 Å². The van der Waals surface area contributed by atoms with Crippen LogP contribution in [0.5, 0.6) is 5.75 Å². The van der Waals surface area contributed by atoms with E-state index in [0.29, 0.717) is 11.8 Å². The Labute approximate surface area is 168 Å². The number of rotatable bonds is 15. The van der Waals surface area contributed by atoms with Crippen LogP contribution in [0.15, 0.2) is 18.2 Å². The molecular formula is C25H43NO. The van der Waals surface area contributed by atoms with Crippen molar-refractivity contribution in [1.82, 2.24) is 5.32 Å². The molecule has 2 rings (SSSR count). The van der Waals surface area contributed by atoms with Crippen LogP contribution >= 0.6 is 0 Å². The predicted molar refractivity (Wildman–Crippen MR) is 118 cm³/mol. The molecule has 154 valence electrons. The van der Waals surface area contributed by atoms with Gasteiger partial charge >= 0.3 is 0 Å². The summed E-state index contributed by atoms with van der Waals surface area (Å²) in [7, 11) is 0. The third-order valence-corrected chi connectivity index (χ3v) is 6.13. The smallest absolute Gasteiger partial charge is 0.115 e. The zero-order chi connectivity index (χ0) is 19.2. The molecule has 27 heavy (non-hydrogen) atoms. The lowest BCUT2D eigenvalue weighted by atomic mass is 9.88. The first-order chi connectivity index (χ1) is 13.3. The summed E-state index contributed by atoms with van der Waals surface area (Å²) >= 11 is 0. The predicted octanol–water partition coefficient (Wildman–Crippen LogP) is 6.93. The number of benzene rings is 1. The van der Waals surface area contributed by atoms with Gasteiger partial charge in [0, 0.05) is 6.04 Å². The van der Waals surface area contributed by atoms with Crippen molar-refractivity contribution >= 4 is 0 Å². The molecule has 0 fully saturated rings. The van der Waals surface area contributed by atoms with Crippen LogP contribution in [-0.2, 0) is 12.8 Å². The van der Waals surface area contributed by atoms with E-state index in [9.17, 15) is 5.11 Å². The van der Waals surface area contributed by atoms with Gasteiger partial charge in [0.25, 0.3) is 0 Å². The van der Waals surface area contributed by atoms with E-state index in [4.69, 9.17) is 0 Å². The fourth-order valence-corrected chi connectivity index (χ4v) is 4.36. The van der Waals surface area contributed by atoms with Crippen LogP contribution in [-0.4, -0.2) is 17.7 Å². The van der Waals surface area contributed by atoms with Gasteiger partial charge in [-0.2, -0.15) is 0 Å². The standard InChI is InChI=1S/C25H43NO/c1-2-3-4-5-6-7-8-9-10-11-12-13-14-19-26-24-17-15-23-21-25(27)18-16-22(23)20-24/h16,18,21,24,26-27H,2-15,17,19-20H2,1H3. The van der Waals surface area contributed by atoms with Gasteiger partial charge in [0.15, 0.2) is 0 Å². The molecular weight excluding hydrogens is 330 g/mol. The minimum Gasteiger partial charge on any atom is -0.508 e. The maximum absolute atomic E-state index is 9.58. The second-order valence-electron chi connectivity index (χ2n) is 8.59. The highest BCUT2D eigenvalue weighted by Gasteiger charge is 2.18. The van der Waals surface area contributed by atoms with Crippen LogP contribution in [0.4, 0.5) is 0 Å². The van der Waals surface area contributed by atoms with Gasteiger partial charge in [-0.15, -0.1) is 0 Å². The van der Waals surface area contributed by atoms with Crippen LogP contribution < -0.4 is 5.32 Å². The molecule has 0 saturated heterocycles. The highest BCUT2D eigenvalue weighted by molar-refractivity contribution is 5.37. The molecule has 0 spiro atoms. The van der Waals surface area contributed by atoms with Crippen molar-refractivity contribution in [3.63, 3.8) is 0 Å². The van der Waals surface area contributed by atoms with Crippen LogP contribution in [0.1, 0.15) is 108 Å². The second-order valence-corrected chi connectivity index (χ2v) is 8.59. The monoisotopic (exact) mass is 373 g/mol. The molecule has 1 aromatic rings. The zero-order valence-corrected chi connectivity index (χ0v) is 17.8. The Balaban J connectivity index is 1.37. The summed E-state index contributed by atoms with van der Waals surface area (Å²) in [6, 6.07) is 6.49. The van der Waals surface area contributed by atoms with E-state index in [0.717, 1.165) is 19.4 Å². The molecule has 2 nitrogen and oxygen atoms in total. The summed E-state index contributed by atoms with van der Waals surface area (Å²) in [6.07, 6.45) is 21.9. The van der Waals surface area contributed by atoms with Gasteiger partial charge in [0.05, 0.1) is 0 Å². The topological polar surface area (TPSA) is 32.3 Å². The fourth-order valence-electron chi connectivity index (χ4n) is 4.36. The lowest BCUT2D eigenvalue weighted by Crippen LogP contribution is -2.35. The van der Waals surface area contributed by atoms with Crippen LogP contribution in [0.3, 0.4) is 0 Å². The molecule has 1 aromatic carbocycles. The number of hydrogen-bond acceptors (Lipinski definition) is 2. The van der Waals surface area contributed by atoms with Gasteiger partial charge in [-0.1, -0.05) is 90.0 Å². The first kappa shape index (κ1) is 22.3. The second kappa shape index (κ2) is 14.0. The van der Waals surface area contributed by atoms with Gasteiger partial charge < -0.3 is 10.4 Å². The quantitative estimate of drug-likeness (QED) is 0.327. The summed E-state index contributed by atoms with van der Waals surface area (Å²) in [5.74, 6) is 0.409. The van der Waals surface area contributed by atoms with E-state index in [1.54, 1.807) is 0 Å². The lowest BCUT2D eigenvalue weighted by Gasteiger charge is -2.25. The van der Waals surface area contributed by atoms with E-state index >= 15 is 0 Å². The summed E-state index contributed by atoms with van der Waals surface area (Å²) in [4.78, 5) is 0. The summed E-state index contributed by atoms with van der Waals surface area (Å²) in [6.45, 7) is 3.45. The van der Waals surface area contributed by atoms with E-state index in [-0.39, 0.29) is 0 Å². The molecule has 0 bridgehead atoms. The van der Waals surface area contributed by atoms with Crippen molar-refractivity contribution in [2.75, 3.05) is 6.54 Å². The first-order valence-corrected chi connectivity index (χ1v) is 11.8. The van der Waals surface area contributed by atoms with Crippen LogP contribution in [0.2, 0.25) is 0 Å². The van der Waals surface area contributed by atoms with Gasteiger partial charge in [0.1, 0.15) is 5.75 Å². The fraction of sp³-hybridized carbons (Fsp3) is 0.760. The van der Waals surface area contributed by atoms with Crippen molar-refractivity contribution < 1.29 is 5.11 Å². The molecule has 0 aliphatic heterocycles. The minimum atomic E-state index is 0.409. The molecule has 0 aromatic heterocycles. The largest absolute Gasteiger partial charge is 0.508 e. The summed E-state index contributed by atoms with van der Waals surface area (Å²) < 4.78 is 0. The van der Waals surface area contributed by atoms with E-state index in [1.165, 1.54) is 101 Å². The highest BCUT2D eigenvalue weighted by atomic mass is 16.3. The highest BCUT2D eigenvalue weighted by Crippen LogP contribution is 2.25. The van der Waals surface area contributed by atoms with Gasteiger partial charge in [-0.05, 0) is 55.5 Å². The Morgan fingerprint density at radius 1 is 0.815 bits per heavy atom. The number of phenols is 1. The Morgan fingerprint density at radius 2 is 1.41 bits per heavy atom. The van der Waals surface area contributed by atoms with Crippen LogP contribution in [0.25, 0.3) is 0 Å². The normalized spacial score (nSPS) is 16.4. The maximum Gasteiger partial charge on any atom is 0.115 e. The molecule has 2 N–H and O–H groups in total. The molecule has 1 aliphatic rings. The Bertz CT molecular complexity index is 499. The number of unbranched alkanes of at least 4 members (excludes halogenated alkanes) is 12. The summed E-state index contributed by atoms with van der Waals surface area (Å²) in [5, 5.41) is 13.3. The van der Waals surface area contributed by atoms with Gasteiger partial charge in [0.2, 0.25) is 0 Å². The average Bonchev–Trinajstić information content (AvgIpc) is 2.68. The number of nitrogens with one attached hydrogen (secondary N) is 1. The van der Waals surface area contributed by atoms with Gasteiger partial charge in [-0.25, -0.2) is 0 Å². The number of fused-ring (bicyclic) bond motifs is 1. The van der Waals surface area contributed by atoms with E-state index in [2.05, 4.69) is 18.3 Å². The number of aryl methyl sites for hydroxylation is 1. The third kappa shape index (κ3) is 9.65. The Hall–Kier alpha value is -1.02. The number of phenolic OH excluding ortho intramolecular Hbond substituents is 1. The first-order valence-electron chi connectivity index (χ1n) is 11.8. The molecule has 0 amide bonds. The Morgan fingerprint density at radius 3 is 2.04 bits per heavy atom. The van der Waals surface area contributed by atoms with Crippen molar-refractivity contribution in [3.05, 3.63) is 29.3 Å². The average molecular weight is 374 g/mol. The molecule has 2 heteroatoms. The molecule has 0 saturated carbocycles. The maximum atomic E-state index is 9.58. The molecule has 1 aliphatic carbocycles. The SMILES string of the molecule is CCCCCCCCCCCCCCCNC1CCc2cc(O)ccc2C1. The molecule has 0 radical (unpaired) electrons. The summed E-state index contributed by atoms with van der Waals surface area (Å²) in [5.41, 5.74) is 2.76. The van der Waals surface area contributed by atoms with Crippen molar-refractivity contribution in [2.24, 2.45) is 0 Å². The van der Waals surface area contributed by atoms with E-state index in [1.807, 2.05) is 12.1 Å². The van der Waals surface area contributed by atoms with Crippen LogP contribution in [0, 0.1) is 0 Å². The lowest BCUT2D eigenvalue weighted by molar-refractivity contribution is 0.441. The number of hydrogen-bond donors (Lipinski definition) is 2. The zero-order valence-electron chi connectivity index (χ0n) is 17.8. The van der Waals surface area contributed by atoms with Crippen molar-refractivity contribution in [3.8, 4) is 5.75 Å².